The summed E-state index contributed by atoms with van der Waals surface area (Å²) >= 11 is 0. The minimum absolute atomic E-state index is 0.337. The molecule has 4 heteroatoms. The monoisotopic (exact) mass is 747 g/mol. The van der Waals surface area contributed by atoms with Gasteiger partial charge in [0.25, 0.3) is 0 Å². The lowest BCUT2D eigenvalue weighted by molar-refractivity contribution is 1.18. The number of nitrogens with zero attached hydrogens (tertiary/aromatic N) is 3. The van der Waals surface area contributed by atoms with E-state index in [-0.39, 0.29) is 6.85 Å². The van der Waals surface area contributed by atoms with Gasteiger partial charge in [0.05, 0.1) is 22.7 Å². The maximum Gasteiger partial charge on any atom is 0.333 e. The molecule has 0 fully saturated rings. The van der Waals surface area contributed by atoms with Crippen molar-refractivity contribution in [1.29, 1.82) is 5.26 Å². The molecule has 0 atom stereocenters. The maximum atomic E-state index is 11.1. The first kappa shape index (κ1) is 33.3. The van der Waals surface area contributed by atoms with Crippen molar-refractivity contribution in [2.45, 2.75) is 0 Å². The van der Waals surface area contributed by atoms with Crippen LogP contribution in [0.5, 0.6) is 0 Å². The Hall–Kier alpha value is -7.87. The summed E-state index contributed by atoms with van der Waals surface area (Å²) in [5.41, 5.74) is 17.7. The molecule has 0 amide bonds. The Kier molecular flexibility index (Phi) is 7.39. The van der Waals surface area contributed by atoms with E-state index in [1.54, 1.807) is 0 Å². The Morgan fingerprint density at radius 3 is 1.44 bits per heavy atom. The second-order valence-electron chi connectivity index (χ2n) is 15.5. The van der Waals surface area contributed by atoms with E-state index in [0.717, 1.165) is 77.4 Å². The smallest absolute Gasteiger partial charge is 0.333 e. The van der Waals surface area contributed by atoms with Gasteiger partial charge in [-0.05, 0) is 86.8 Å². The molecule has 2 aromatic heterocycles. The van der Waals surface area contributed by atoms with Gasteiger partial charge in [-0.1, -0.05) is 164 Å². The molecule has 9 aromatic carbocycles. The summed E-state index contributed by atoms with van der Waals surface area (Å²) in [5.74, 6) is 0. The molecule has 59 heavy (non-hydrogen) atoms. The van der Waals surface area contributed by atoms with Crippen LogP contribution in [0.4, 0.5) is 0 Å². The van der Waals surface area contributed by atoms with E-state index >= 15 is 0 Å². The molecular weight excluding hydrogens is 713 g/mol. The average molecular weight is 748 g/mol. The van der Waals surface area contributed by atoms with Crippen LogP contribution in [0.2, 0.25) is 0 Å². The van der Waals surface area contributed by atoms with Crippen molar-refractivity contribution in [3.8, 4) is 56.3 Å². The highest BCUT2D eigenvalue weighted by molar-refractivity contribution is 6.89. The molecule has 272 valence electrons. The zero-order valence-electron chi connectivity index (χ0n) is 32.0. The molecule has 0 saturated carbocycles. The zero-order chi connectivity index (χ0) is 39.0. The standard InChI is InChI=1S/C55H34BN3/c57-35-40-29-30-44-43-25-13-15-27-50(43)58-51-28-16-14-26-49(51)56(52(40)55(44)58)59-53-45(38-21-9-3-10-22-38)31-41(36-17-5-1-6-18-36)33-47(53)48-34-42(37-19-7-2-8-20-37)32-46(54(48)59)39-23-11-4-12-24-39/h1-34H. The minimum Gasteiger partial charge on any atom is -0.375 e. The predicted molar refractivity (Wildman–Crippen MR) is 247 cm³/mol. The highest BCUT2D eigenvalue weighted by Crippen LogP contribution is 2.46. The van der Waals surface area contributed by atoms with Crippen molar-refractivity contribution in [3.05, 3.63) is 212 Å². The maximum absolute atomic E-state index is 11.1. The van der Waals surface area contributed by atoms with Crippen LogP contribution in [0, 0.1) is 11.3 Å². The fourth-order valence-electron chi connectivity index (χ4n) is 9.89. The van der Waals surface area contributed by atoms with E-state index in [0.29, 0.717) is 5.56 Å². The topological polar surface area (TPSA) is 33.6 Å². The Morgan fingerprint density at radius 2 is 0.881 bits per heavy atom. The van der Waals surface area contributed by atoms with Gasteiger partial charge in [0.2, 0.25) is 0 Å². The zero-order valence-corrected chi connectivity index (χ0v) is 32.0. The Bertz CT molecular complexity index is 3350. The van der Waals surface area contributed by atoms with Gasteiger partial charge in [-0.15, -0.1) is 0 Å². The van der Waals surface area contributed by atoms with E-state index < -0.39 is 0 Å². The molecule has 0 bridgehead atoms. The SMILES string of the molecule is N#Cc1ccc2c3ccccc3n3c2c1B(n1c2c(-c4ccccc4)cc(-c4ccccc4)cc2c2cc(-c4ccccc4)cc(-c4ccccc4)c21)c1ccccc1-3. The number of rotatable bonds is 5. The van der Waals surface area contributed by atoms with Gasteiger partial charge in [0.1, 0.15) is 0 Å². The van der Waals surface area contributed by atoms with Crippen molar-refractivity contribution in [1.82, 2.24) is 9.05 Å². The average Bonchev–Trinajstić information content (AvgIpc) is 3.83. The minimum atomic E-state index is -0.337. The number of hydrogen-bond acceptors (Lipinski definition) is 1. The molecule has 0 spiro atoms. The highest BCUT2D eigenvalue weighted by atomic mass is 15.0. The van der Waals surface area contributed by atoms with E-state index in [1.807, 2.05) is 6.07 Å². The van der Waals surface area contributed by atoms with Gasteiger partial charge < -0.3 is 9.05 Å². The number of aromatic nitrogens is 2. The molecule has 1 aliphatic heterocycles. The van der Waals surface area contributed by atoms with Gasteiger partial charge in [0.15, 0.2) is 0 Å². The van der Waals surface area contributed by atoms with Gasteiger partial charge in [0, 0.05) is 49.4 Å². The van der Waals surface area contributed by atoms with Crippen molar-refractivity contribution < 1.29 is 0 Å². The lowest BCUT2D eigenvalue weighted by atomic mass is 9.47. The van der Waals surface area contributed by atoms with Crippen LogP contribution in [0.15, 0.2) is 206 Å². The molecule has 0 unspecified atom stereocenters. The second-order valence-corrected chi connectivity index (χ2v) is 15.5. The normalized spacial score (nSPS) is 12.0. The lowest BCUT2D eigenvalue weighted by Crippen LogP contribution is -2.54. The van der Waals surface area contributed by atoms with Crippen molar-refractivity contribution in [3.63, 3.8) is 0 Å². The molecule has 1 aliphatic rings. The van der Waals surface area contributed by atoms with Crippen LogP contribution >= 0.6 is 0 Å². The van der Waals surface area contributed by atoms with Crippen molar-refractivity contribution in [2.24, 2.45) is 0 Å². The quantitative estimate of drug-likeness (QED) is 0.161. The Labute approximate surface area is 342 Å². The Balaban J connectivity index is 1.34. The highest BCUT2D eigenvalue weighted by Gasteiger charge is 2.39. The van der Waals surface area contributed by atoms with E-state index in [2.05, 4.69) is 215 Å². The van der Waals surface area contributed by atoms with Gasteiger partial charge in [-0.2, -0.15) is 5.26 Å². The number of fused-ring (bicyclic) bond motifs is 8. The molecule has 3 nitrogen and oxygen atoms in total. The summed E-state index contributed by atoms with van der Waals surface area (Å²) < 4.78 is 5.01. The number of para-hydroxylation sites is 2. The fourth-order valence-corrected chi connectivity index (χ4v) is 9.89. The van der Waals surface area contributed by atoms with Crippen LogP contribution < -0.4 is 10.9 Å². The largest absolute Gasteiger partial charge is 0.375 e. The Morgan fingerprint density at radius 1 is 0.390 bits per heavy atom. The van der Waals surface area contributed by atoms with Crippen LogP contribution in [0.25, 0.3) is 93.8 Å². The van der Waals surface area contributed by atoms with Crippen LogP contribution in [0.1, 0.15) is 5.56 Å². The molecule has 0 saturated heterocycles. The summed E-state index contributed by atoms with van der Waals surface area (Å²) in [7, 11) is 0. The van der Waals surface area contributed by atoms with E-state index in [4.69, 9.17) is 0 Å². The third-order valence-electron chi connectivity index (χ3n) is 12.4. The molecular formula is C55H34BN3. The molecule has 11 aromatic rings. The molecule has 0 aliphatic carbocycles. The van der Waals surface area contributed by atoms with Gasteiger partial charge >= 0.3 is 6.85 Å². The number of nitriles is 1. The van der Waals surface area contributed by atoms with E-state index in [9.17, 15) is 5.26 Å². The van der Waals surface area contributed by atoms with Gasteiger partial charge in [-0.3, -0.25) is 0 Å². The first-order valence-electron chi connectivity index (χ1n) is 20.2. The summed E-state index contributed by atoms with van der Waals surface area (Å²) in [6.07, 6.45) is 0. The second kappa shape index (κ2) is 13.1. The predicted octanol–water partition coefficient (Wildman–Crippen LogP) is 12.4. The van der Waals surface area contributed by atoms with Crippen molar-refractivity contribution in [2.75, 3.05) is 0 Å². The molecule has 12 rings (SSSR count). The first-order chi connectivity index (χ1) is 29.3. The van der Waals surface area contributed by atoms with Crippen LogP contribution in [-0.4, -0.2) is 15.9 Å². The molecule has 3 heterocycles. The molecule has 0 N–H and O–H groups in total. The van der Waals surface area contributed by atoms with Crippen molar-refractivity contribution >= 4 is 61.4 Å². The molecule has 0 radical (unpaired) electrons. The lowest BCUT2D eigenvalue weighted by Gasteiger charge is -2.30. The number of hydrogen-bond donors (Lipinski definition) is 0. The number of benzene rings is 9. The van der Waals surface area contributed by atoms with E-state index in [1.165, 1.54) is 27.3 Å². The summed E-state index contributed by atoms with van der Waals surface area (Å²) in [5, 5.41) is 15.8. The summed E-state index contributed by atoms with van der Waals surface area (Å²) in [6.45, 7) is -0.337. The third kappa shape index (κ3) is 4.95. The van der Waals surface area contributed by atoms with Crippen LogP contribution in [0.3, 0.4) is 0 Å². The first-order valence-corrected chi connectivity index (χ1v) is 20.2. The summed E-state index contributed by atoms with van der Waals surface area (Å²) in [4.78, 5) is 0. The summed E-state index contributed by atoms with van der Waals surface area (Å²) in [6, 6.07) is 77.0. The third-order valence-corrected chi connectivity index (χ3v) is 12.4. The van der Waals surface area contributed by atoms with Gasteiger partial charge in [-0.25, -0.2) is 0 Å². The van der Waals surface area contributed by atoms with Crippen LogP contribution in [-0.2, 0) is 0 Å². The fraction of sp³-hybridized carbons (Fsp3) is 0.